The van der Waals surface area contributed by atoms with E-state index in [4.69, 9.17) is 0 Å². The fourth-order valence-corrected chi connectivity index (χ4v) is 2.69. The van der Waals surface area contributed by atoms with Gasteiger partial charge in [-0.15, -0.1) is 0 Å². The Hall–Kier alpha value is -2.06. The van der Waals surface area contributed by atoms with Gasteiger partial charge in [-0.2, -0.15) is 18.3 Å². The third-order valence-corrected chi connectivity index (χ3v) is 3.78. The van der Waals surface area contributed by atoms with Gasteiger partial charge < -0.3 is 10.2 Å². The molecule has 9 heteroatoms. The fraction of sp³-hybridized carbons (Fsp3) is 0.643. The number of aromatic nitrogens is 2. The maximum Gasteiger partial charge on any atom is 0.406 e. The van der Waals surface area contributed by atoms with E-state index in [1.54, 1.807) is 20.8 Å². The van der Waals surface area contributed by atoms with Crippen molar-refractivity contribution < 1.29 is 22.8 Å². The number of carbonyl (C=O) groups is 2. The highest BCUT2D eigenvalue weighted by Crippen LogP contribution is 2.21. The number of nitrogens with zero attached hydrogens (tertiary/aromatic N) is 3. The van der Waals surface area contributed by atoms with Crippen LogP contribution in [-0.2, 0) is 9.59 Å². The van der Waals surface area contributed by atoms with Crippen LogP contribution >= 0.6 is 0 Å². The number of amides is 2. The van der Waals surface area contributed by atoms with Crippen molar-refractivity contribution >= 4 is 11.8 Å². The zero-order chi connectivity index (χ0) is 17.4. The number of aryl methyl sites for hydroxylation is 2. The van der Waals surface area contributed by atoms with E-state index >= 15 is 0 Å². The highest BCUT2D eigenvalue weighted by atomic mass is 19.4. The molecular weight excluding hydrogens is 313 g/mol. The summed E-state index contributed by atoms with van der Waals surface area (Å²) < 4.78 is 38.6. The zero-order valence-electron chi connectivity index (χ0n) is 13.1. The van der Waals surface area contributed by atoms with Crippen LogP contribution in [0.4, 0.5) is 13.2 Å². The van der Waals surface area contributed by atoms with E-state index in [-0.39, 0.29) is 13.0 Å². The van der Waals surface area contributed by atoms with Gasteiger partial charge in [-0.3, -0.25) is 14.3 Å². The molecule has 0 aliphatic carbocycles. The van der Waals surface area contributed by atoms with E-state index in [0.29, 0.717) is 0 Å². The van der Waals surface area contributed by atoms with Crippen molar-refractivity contribution in [1.29, 1.82) is 0 Å². The molecule has 1 N–H and O–H groups in total. The van der Waals surface area contributed by atoms with Crippen LogP contribution in [0.5, 0.6) is 0 Å². The molecule has 0 unspecified atom stereocenters. The first-order chi connectivity index (χ1) is 10.6. The van der Waals surface area contributed by atoms with Crippen LogP contribution in [0.25, 0.3) is 0 Å². The minimum atomic E-state index is -4.44. The lowest BCUT2D eigenvalue weighted by atomic mass is 10.2. The molecule has 0 saturated carbocycles. The first-order valence-electron chi connectivity index (χ1n) is 7.27. The summed E-state index contributed by atoms with van der Waals surface area (Å²) in [7, 11) is 0. The minimum Gasteiger partial charge on any atom is -0.342 e. The largest absolute Gasteiger partial charge is 0.406 e. The van der Waals surface area contributed by atoms with Gasteiger partial charge in [0.05, 0.1) is 5.69 Å². The molecule has 1 aliphatic rings. The summed E-state index contributed by atoms with van der Waals surface area (Å²) in [5.41, 5.74) is 1.55. The average molecular weight is 332 g/mol. The molecule has 2 atom stereocenters. The van der Waals surface area contributed by atoms with Crippen LogP contribution in [0.15, 0.2) is 6.07 Å². The average Bonchev–Trinajstić information content (AvgIpc) is 2.92. The van der Waals surface area contributed by atoms with Gasteiger partial charge in [0.2, 0.25) is 11.8 Å². The van der Waals surface area contributed by atoms with Crippen molar-refractivity contribution in [3.63, 3.8) is 0 Å². The van der Waals surface area contributed by atoms with Crippen molar-refractivity contribution in [3.05, 3.63) is 17.5 Å². The predicted octanol–water partition coefficient (Wildman–Crippen LogP) is 1.34. The quantitative estimate of drug-likeness (QED) is 0.905. The number of rotatable bonds is 4. The second kappa shape index (κ2) is 6.21. The van der Waals surface area contributed by atoms with Gasteiger partial charge in [0, 0.05) is 12.2 Å². The molecule has 0 radical (unpaired) electrons. The maximum absolute atomic E-state index is 12.4. The molecule has 128 valence electrons. The highest BCUT2D eigenvalue weighted by Gasteiger charge is 2.40. The van der Waals surface area contributed by atoms with Crippen molar-refractivity contribution in [2.75, 3.05) is 13.1 Å². The molecule has 2 heterocycles. The molecule has 1 aromatic heterocycles. The molecule has 2 rings (SSSR count). The standard InChI is InChI=1S/C14H19F3N4O2/c1-8-6-9(2)21(19-8)10(3)12(22)18-11-4-5-20(13(11)23)7-14(15,16)17/h6,10-11H,4-5,7H2,1-3H3,(H,18,22)/t10-,11+/m0/s1. The number of hydrogen-bond acceptors (Lipinski definition) is 3. The van der Waals surface area contributed by atoms with Gasteiger partial charge in [-0.1, -0.05) is 0 Å². The van der Waals surface area contributed by atoms with Gasteiger partial charge in [-0.05, 0) is 33.3 Å². The number of carbonyl (C=O) groups excluding carboxylic acids is 2. The number of likely N-dealkylation sites (tertiary alicyclic amines) is 1. The molecule has 23 heavy (non-hydrogen) atoms. The Morgan fingerprint density at radius 2 is 2.13 bits per heavy atom. The van der Waals surface area contributed by atoms with Crippen molar-refractivity contribution in [2.24, 2.45) is 0 Å². The molecule has 1 aliphatic heterocycles. The summed E-state index contributed by atoms with van der Waals surface area (Å²) >= 11 is 0. The second-order valence-corrected chi connectivity index (χ2v) is 5.77. The number of halogens is 3. The van der Waals surface area contributed by atoms with Crippen LogP contribution in [0.2, 0.25) is 0 Å². The van der Waals surface area contributed by atoms with E-state index in [0.717, 1.165) is 16.3 Å². The second-order valence-electron chi connectivity index (χ2n) is 5.77. The topological polar surface area (TPSA) is 67.2 Å². The smallest absolute Gasteiger partial charge is 0.342 e. The Balaban J connectivity index is 1.98. The molecule has 1 saturated heterocycles. The summed E-state index contributed by atoms with van der Waals surface area (Å²) in [6, 6.07) is 0.257. The van der Waals surface area contributed by atoms with Crippen LogP contribution < -0.4 is 5.32 Å². The predicted molar refractivity (Wildman–Crippen MR) is 75.6 cm³/mol. The van der Waals surface area contributed by atoms with E-state index in [9.17, 15) is 22.8 Å². The SMILES string of the molecule is Cc1cc(C)n([C@@H](C)C(=O)N[C@@H]2CCN(CC(F)(F)F)C2=O)n1. The third kappa shape index (κ3) is 4.02. The first kappa shape index (κ1) is 17.3. The third-order valence-electron chi connectivity index (χ3n) is 3.78. The zero-order valence-corrected chi connectivity index (χ0v) is 13.1. The minimum absolute atomic E-state index is 0.0163. The summed E-state index contributed by atoms with van der Waals surface area (Å²) in [5, 5.41) is 6.72. The Morgan fingerprint density at radius 3 is 2.65 bits per heavy atom. The van der Waals surface area contributed by atoms with Crippen LogP contribution in [0.1, 0.15) is 30.8 Å². The van der Waals surface area contributed by atoms with Crippen LogP contribution in [0.3, 0.4) is 0 Å². The summed E-state index contributed by atoms with van der Waals surface area (Å²) in [4.78, 5) is 24.9. The summed E-state index contributed by atoms with van der Waals surface area (Å²) in [6.07, 6.45) is -4.27. The van der Waals surface area contributed by atoms with Gasteiger partial charge in [0.15, 0.2) is 0 Å². The molecule has 1 fully saturated rings. The Labute approximate surface area is 131 Å². The Morgan fingerprint density at radius 1 is 1.48 bits per heavy atom. The summed E-state index contributed by atoms with van der Waals surface area (Å²) in [5.74, 6) is -1.14. The van der Waals surface area contributed by atoms with Gasteiger partial charge in [-0.25, -0.2) is 0 Å². The molecule has 2 amide bonds. The number of nitrogens with one attached hydrogen (secondary N) is 1. The first-order valence-corrected chi connectivity index (χ1v) is 7.27. The monoisotopic (exact) mass is 332 g/mol. The van der Waals surface area contributed by atoms with Crippen molar-refractivity contribution in [3.8, 4) is 0 Å². The Bertz CT molecular complexity index is 612. The lowest BCUT2D eigenvalue weighted by molar-refractivity contribution is -0.158. The van der Waals surface area contributed by atoms with Crippen molar-refractivity contribution in [1.82, 2.24) is 20.0 Å². The van der Waals surface area contributed by atoms with E-state index in [1.807, 2.05) is 6.07 Å². The fourth-order valence-electron chi connectivity index (χ4n) is 2.69. The maximum atomic E-state index is 12.4. The normalized spacial score (nSPS) is 20.0. The molecule has 0 bridgehead atoms. The van der Waals surface area contributed by atoms with Crippen molar-refractivity contribution in [2.45, 2.75) is 45.5 Å². The highest BCUT2D eigenvalue weighted by molar-refractivity contribution is 5.90. The molecular formula is C14H19F3N4O2. The number of alkyl halides is 3. The Kier molecular flexibility index (Phi) is 4.67. The molecule has 1 aromatic rings. The van der Waals surface area contributed by atoms with E-state index in [1.165, 1.54) is 4.68 Å². The lowest BCUT2D eigenvalue weighted by Gasteiger charge is -2.20. The molecule has 0 aromatic carbocycles. The van der Waals surface area contributed by atoms with Crippen LogP contribution in [0, 0.1) is 13.8 Å². The lowest BCUT2D eigenvalue weighted by Crippen LogP contribution is -2.45. The van der Waals surface area contributed by atoms with E-state index < -0.39 is 36.6 Å². The molecule has 6 nitrogen and oxygen atoms in total. The van der Waals surface area contributed by atoms with E-state index in [2.05, 4.69) is 10.4 Å². The van der Waals surface area contributed by atoms with Gasteiger partial charge >= 0.3 is 6.18 Å². The van der Waals surface area contributed by atoms with Gasteiger partial charge in [0.25, 0.3) is 0 Å². The summed E-state index contributed by atoms with van der Waals surface area (Å²) in [6.45, 7) is 3.92. The van der Waals surface area contributed by atoms with Gasteiger partial charge in [0.1, 0.15) is 18.6 Å². The number of hydrogen-bond donors (Lipinski definition) is 1. The molecule has 0 spiro atoms. The van der Waals surface area contributed by atoms with Crippen LogP contribution in [-0.4, -0.2) is 51.8 Å².